The molecule has 2 nitrogen and oxygen atoms in total. The van der Waals surface area contributed by atoms with Crippen molar-refractivity contribution >= 4 is 11.8 Å². The molecule has 1 aliphatic rings. The van der Waals surface area contributed by atoms with Crippen LogP contribution in [0.3, 0.4) is 0 Å². The number of hydrogen-bond acceptors (Lipinski definition) is 3. The molecule has 2 atom stereocenters. The maximum Gasteiger partial charge on any atom is 0.0589 e. The fourth-order valence-corrected chi connectivity index (χ4v) is 2.95. The van der Waals surface area contributed by atoms with Gasteiger partial charge >= 0.3 is 0 Å². The molecule has 0 aromatic heterocycles. The van der Waals surface area contributed by atoms with Gasteiger partial charge in [0.05, 0.1) is 6.61 Å². The minimum Gasteiger partial charge on any atom is -0.380 e. The van der Waals surface area contributed by atoms with Gasteiger partial charge in [-0.05, 0) is 38.1 Å². The molecule has 1 fully saturated rings. The molecule has 1 aromatic carbocycles. The summed E-state index contributed by atoms with van der Waals surface area (Å²) in [5, 5.41) is 3.91. The fraction of sp³-hybridized carbons (Fsp3) is 0.538. The standard InChI is InChI=1S/C13H19NOS/c1-10(14-2)11-4-3-5-12(8-11)16-13-6-7-15-9-13/h3-5,8,10,13-14H,6-7,9H2,1-2H3. The van der Waals surface area contributed by atoms with E-state index in [1.807, 2.05) is 18.8 Å². The van der Waals surface area contributed by atoms with Crippen LogP contribution in [0.5, 0.6) is 0 Å². The highest BCUT2D eigenvalue weighted by Crippen LogP contribution is 2.30. The normalized spacial score (nSPS) is 22.2. The molecule has 1 aliphatic heterocycles. The summed E-state index contributed by atoms with van der Waals surface area (Å²) in [4.78, 5) is 1.36. The van der Waals surface area contributed by atoms with Gasteiger partial charge in [0.2, 0.25) is 0 Å². The minimum absolute atomic E-state index is 0.417. The predicted octanol–water partition coefficient (Wildman–Crippen LogP) is 2.85. The highest BCUT2D eigenvalue weighted by atomic mass is 32.2. The molecular formula is C13H19NOS. The molecule has 1 heterocycles. The number of thioether (sulfide) groups is 1. The van der Waals surface area contributed by atoms with E-state index in [2.05, 4.69) is 36.5 Å². The zero-order valence-electron chi connectivity index (χ0n) is 9.90. The van der Waals surface area contributed by atoms with Crippen LogP contribution in [0.1, 0.15) is 24.9 Å². The largest absolute Gasteiger partial charge is 0.380 e. The highest BCUT2D eigenvalue weighted by Gasteiger charge is 2.16. The van der Waals surface area contributed by atoms with Crippen molar-refractivity contribution < 1.29 is 4.74 Å². The number of rotatable bonds is 4. The summed E-state index contributed by atoms with van der Waals surface area (Å²) in [6.07, 6.45) is 1.18. The Labute approximate surface area is 102 Å². The predicted molar refractivity (Wildman–Crippen MR) is 69.0 cm³/mol. The van der Waals surface area contributed by atoms with E-state index in [0.29, 0.717) is 11.3 Å². The van der Waals surface area contributed by atoms with Gasteiger partial charge in [-0.25, -0.2) is 0 Å². The lowest BCUT2D eigenvalue weighted by Crippen LogP contribution is -2.12. The third-order valence-electron chi connectivity index (χ3n) is 2.98. The third-order valence-corrected chi connectivity index (χ3v) is 4.21. The van der Waals surface area contributed by atoms with E-state index in [9.17, 15) is 0 Å². The molecule has 3 heteroatoms. The summed E-state index contributed by atoms with van der Waals surface area (Å²) in [6.45, 7) is 4.00. The smallest absolute Gasteiger partial charge is 0.0589 e. The molecule has 0 radical (unpaired) electrons. The highest BCUT2D eigenvalue weighted by molar-refractivity contribution is 8.00. The van der Waals surface area contributed by atoms with E-state index >= 15 is 0 Å². The van der Waals surface area contributed by atoms with Crippen LogP contribution in [0, 0.1) is 0 Å². The van der Waals surface area contributed by atoms with E-state index in [0.717, 1.165) is 13.2 Å². The molecular weight excluding hydrogens is 218 g/mol. The molecule has 1 aromatic rings. The molecule has 0 spiro atoms. The molecule has 2 unspecified atom stereocenters. The molecule has 1 N–H and O–H groups in total. The SMILES string of the molecule is CNC(C)c1cccc(SC2CCOC2)c1. The lowest BCUT2D eigenvalue weighted by Gasteiger charge is -2.13. The van der Waals surface area contributed by atoms with Gasteiger partial charge in [0.1, 0.15) is 0 Å². The number of hydrogen-bond donors (Lipinski definition) is 1. The number of nitrogens with one attached hydrogen (secondary N) is 1. The topological polar surface area (TPSA) is 21.3 Å². The van der Waals surface area contributed by atoms with Gasteiger partial charge in [0.15, 0.2) is 0 Å². The van der Waals surface area contributed by atoms with Crippen molar-refractivity contribution in [2.75, 3.05) is 20.3 Å². The fourth-order valence-electron chi connectivity index (χ4n) is 1.82. The van der Waals surface area contributed by atoms with Crippen LogP contribution in [0.2, 0.25) is 0 Å². The van der Waals surface area contributed by atoms with Gasteiger partial charge in [-0.15, -0.1) is 11.8 Å². The van der Waals surface area contributed by atoms with Crippen LogP contribution in [0.25, 0.3) is 0 Å². The van der Waals surface area contributed by atoms with Crippen molar-refractivity contribution in [2.24, 2.45) is 0 Å². The Morgan fingerprint density at radius 2 is 2.38 bits per heavy atom. The maximum atomic E-state index is 5.39. The zero-order valence-corrected chi connectivity index (χ0v) is 10.7. The van der Waals surface area contributed by atoms with Gasteiger partial charge in [-0.2, -0.15) is 0 Å². The van der Waals surface area contributed by atoms with Crippen molar-refractivity contribution in [1.82, 2.24) is 5.32 Å². The van der Waals surface area contributed by atoms with Crippen molar-refractivity contribution in [3.63, 3.8) is 0 Å². The van der Waals surface area contributed by atoms with Crippen molar-refractivity contribution in [1.29, 1.82) is 0 Å². The second-order valence-corrected chi connectivity index (χ2v) is 5.56. The first-order valence-corrected chi connectivity index (χ1v) is 6.69. The van der Waals surface area contributed by atoms with Crippen molar-refractivity contribution in [2.45, 2.75) is 29.5 Å². The summed E-state index contributed by atoms with van der Waals surface area (Å²) in [6, 6.07) is 9.21. The lowest BCUT2D eigenvalue weighted by molar-refractivity contribution is 0.199. The number of ether oxygens (including phenoxy) is 1. The molecule has 1 saturated heterocycles. The van der Waals surface area contributed by atoms with Crippen LogP contribution in [0.15, 0.2) is 29.2 Å². The number of benzene rings is 1. The second-order valence-electron chi connectivity index (χ2n) is 4.19. The van der Waals surface area contributed by atoms with E-state index in [1.165, 1.54) is 16.9 Å². The second kappa shape index (κ2) is 5.71. The van der Waals surface area contributed by atoms with Crippen LogP contribution in [-0.4, -0.2) is 25.5 Å². The van der Waals surface area contributed by atoms with Gasteiger partial charge in [-0.1, -0.05) is 12.1 Å². The maximum absolute atomic E-state index is 5.39. The van der Waals surface area contributed by atoms with Crippen molar-refractivity contribution in [3.05, 3.63) is 29.8 Å². The van der Waals surface area contributed by atoms with Crippen LogP contribution in [-0.2, 0) is 4.74 Å². The quantitative estimate of drug-likeness (QED) is 0.870. The zero-order chi connectivity index (χ0) is 11.4. The minimum atomic E-state index is 0.417. The van der Waals surface area contributed by atoms with E-state index in [1.54, 1.807) is 0 Å². The Hall–Kier alpha value is -0.510. The van der Waals surface area contributed by atoms with Gasteiger partial charge in [0, 0.05) is 22.8 Å². The Bertz CT molecular complexity index is 336. The summed E-state index contributed by atoms with van der Waals surface area (Å²) < 4.78 is 5.39. The molecule has 0 bridgehead atoms. The molecule has 16 heavy (non-hydrogen) atoms. The molecule has 2 rings (SSSR count). The average Bonchev–Trinajstić information content (AvgIpc) is 2.81. The van der Waals surface area contributed by atoms with Gasteiger partial charge < -0.3 is 10.1 Å². The van der Waals surface area contributed by atoms with Crippen molar-refractivity contribution in [3.8, 4) is 0 Å². The summed E-state index contributed by atoms with van der Waals surface area (Å²) in [5.74, 6) is 0. The average molecular weight is 237 g/mol. The van der Waals surface area contributed by atoms with E-state index in [4.69, 9.17) is 4.74 Å². The monoisotopic (exact) mass is 237 g/mol. The third kappa shape index (κ3) is 3.00. The van der Waals surface area contributed by atoms with Crippen LogP contribution >= 0.6 is 11.8 Å². The summed E-state index contributed by atoms with van der Waals surface area (Å²) in [7, 11) is 2.00. The Kier molecular flexibility index (Phi) is 4.27. The van der Waals surface area contributed by atoms with Crippen LogP contribution < -0.4 is 5.32 Å². The van der Waals surface area contributed by atoms with E-state index in [-0.39, 0.29) is 0 Å². The molecule has 0 amide bonds. The van der Waals surface area contributed by atoms with Gasteiger partial charge in [0.25, 0.3) is 0 Å². The Balaban J connectivity index is 2.03. The first kappa shape index (κ1) is 12.0. The molecule has 0 aliphatic carbocycles. The molecule has 0 saturated carbocycles. The first-order valence-electron chi connectivity index (χ1n) is 5.81. The summed E-state index contributed by atoms with van der Waals surface area (Å²) >= 11 is 1.94. The van der Waals surface area contributed by atoms with Gasteiger partial charge in [-0.3, -0.25) is 0 Å². The first-order chi connectivity index (χ1) is 7.79. The van der Waals surface area contributed by atoms with Crippen LogP contribution in [0.4, 0.5) is 0 Å². The molecule has 88 valence electrons. The van der Waals surface area contributed by atoms with E-state index < -0.39 is 0 Å². The Morgan fingerprint density at radius 3 is 3.06 bits per heavy atom. The summed E-state index contributed by atoms with van der Waals surface area (Å²) in [5.41, 5.74) is 1.35. The Morgan fingerprint density at radius 1 is 1.50 bits per heavy atom. The lowest BCUT2D eigenvalue weighted by atomic mass is 10.1.